The fraction of sp³-hybridized carbons (Fsp3) is 0.333. The number of benzene rings is 2. The Balaban J connectivity index is 2.32. The summed E-state index contributed by atoms with van der Waals surface area (Å²) in [6, 6.07) is 16.6. The van der Waals surface area contributed by atoms with Crippen molar-refractivity contribution in [3.05, 3.63) is 65.2 Å². The molecule has 20 heavy (non-hydrogen) atoms. The van der Waals surface area contributed by atoms with Crippen molar-refractivity contribution in [3.63, 3.8) is 0 Å². The van der Waals surface area contributed by atoms with Crippen molar-refractivity contribution in [2.24, 2.45) is 5.73 Å². The quantitative estimate of drug-likeness (QED) is 0.894. The van der Waals surface area contributed by atoms with E-state index in [1.165, 1.54) is 5.56 Å². The van der Waals surface area contributed by atoms with Crippen LogP contribution in [0.2, 0.25) is 0 Å². The lowest BCUT2D eigenvalue weighted by Crippen LogP contribution is -2.34. The fourth-order valence-electron chi connectivity index (χ4n) is 2.42. The molecule has 1 atom stereocenters. The first-order valence-corrected chi connectivity index (χ1v) is 7.10. The third kappa shape index (κ3) is 3.02. The van der Waals surface area contributed by atoms with Crippen LogP contribution in [0.1, 0.15) is 37.0 Å². The van der Waals surface area contributed by atoms with E-state index in [1.807, 2.05) is 31.2 Å². The molecule has 2 rings (SSSR count). The summed E-state index contributed by atoms with van der Waals surface area (Å²) in [6.45, 7) is 4.23. The second kappa shape index (κ2) is 6.10. The Hall–Kier alpha value is -1.80. The van der Waals surface area contributed by atoms with Crippen molar-refractivity contribution in [2.45, 2.75) is 32.2 Å². The number of aryl methyl sites for hydroxylation is 1. The predicted octanol–water partition coefficient (Wildman–Crippen LogP) is 3.87. The zero-order valence-corrected chi connectivity index (χ0v) is 12.5. The third-order valence-corrected chi connectivity index (χ3v) is 3.76. The zero-order valence-electron chi connectivity index (χ0n) is 12.5. The van der Waals surface area contributed by atoms with Crippen LogP contribution in [0, 0.1) is 0 Å². The SMILES string of the molecule is CCCc1ccc(C(C)(N)c2cccc(OC)c2)cc1. The van der Waals surface area contributed by atoms with Gasteiger partial charge in [0.1, 0.15) is 5.75 Å². The van der Waals surface area contributed by atoms with E-state index in [9.17, 15) is 0 Å². The molecule has 0 saturated carbocycles. The molecule has 0 aliphatic rings. The van der Waals surface area contributed by atoms with Crippen LogP contribution in [0.3, 0.4) is 0 Å². The molecule has 0 aliphatic carbocycles. The molecular formula is C18H23NO. The molecule has 0 heterocycles. The Labute approximate surface area is 121 Å². The summed E-state index contributed by atoms with van der Waals surface area (Å²) in [4.78, 5) is 0. The van der Waals surface area contributed by atoms with E-state index in [0.717, 1.165) is 29.7 Å². The molecule has 2 aromatic rings. The molecule has 0 bridgehead atoms. The van der Waals surface area contributed by atoms with Crippen LogP contribution in [0.4, 0.5) is 0 Å². The van der Waals surface area contributed by atoms with E-state index >= 15 is 0 Å². The minimum Gasteiger partial charge on any atom is -0.497 e. The number of hydrogen-bond donors (Lipinski definition) is 1. The van der Waals surface area contributed by atoms with Crippen molar-refractivity contribution in [3.8, 4) is 5.75 Å². The van der Waals surface area contributed by atoms with Gasteiger partial charge in [-0.25, -0.2) is 0 Å². The van der Waals surface area contributed by atoms with Crippen LogP contribution < -0.4 is 10.5 Å². The standard InChI is InChI=1S/C18H23NO/c1-4-6-14-9-11-15(12-10-14)18(2,19)16-7-5-8-17(13-16)20-3/h5,7-13H,4,6,19H2,1-3H3. The molecule has 0 radical (unpaired) electrons. The van der Waals surface area contributed by atoms with Gasteiger partial charge >= 0.3 is 0 Å². The van der Waals surface area contributed by atoms with Crippen LogP contribution in [0.25, 0.3) is 0 Å². The van der Waals surface area contributed by atoms with Crippen LogP contribution in [0.5, 0.6) is 5.75 Å². The molecule has 1 unspecified atom stereocenters. The van der Waals surface area contributed by atoms with Crippen LogP contribution in [-0.4, -0.2) is 7.11 Å². The van der Waals surface area contributed by atoms with E-state index in [2.05, 4.69) is 31.2 Å². The zero-order chi connectivity index (χ0) is 14.6. The smallest absolute Gasteiger partial charge is 0.119 e. The molecule has 2 heteroatoms. The molecule has 0 aliphatic heterocycles. The summed E-state index contributed by atoms with van der Waals surface area (Å²) in [5.74, 6) is 0.835. The van der Waals surface area contributed by atoms with Crippen LogP contribution >= 0.6 is 0 Å². The van der Waals surface area contributed by atoms with E-state index < -0.39 is 5.54 Å². The Morgan fingerprint density at radius 2 is 1.75 bits per heavy atom. The summed E-state index contributed by atoms with van der Waals surface area (Å²) in [6.07, 6.45) is 2.27. The van der Waals surface area contributed by atoms with Gasteiger partial charge in [0.2, 0.25) is 0 Å². The summed E-state index contributed by atoms with van der Waals surface area (Å²) in [5, 5.41) is 0. The first kappa shape index (κ1) is 14.6. The van der Waals surface area contributed by atoms with Crippen molar-refractivity contribution in [2.75, 3.05) is 7.11 Å². The fourth-order valence-corrected chi connectivity index (χ4v) is 2.42. The van der Waals surface area contributed by atoms with E-state index in [4.69, 9.17) is 10.5 Å². The number of methoxy groups -OCH3 is 1. The Morgan fingerprint density at radius 1 is 1.05 bits per heavy atom. The van der Waals surface area contributed by atoms with Gasteiger partial charge in [0.25, 0.3) is 0 Å². The highest BCUT2D eigenvalue weighted by atomic mass is 16.5. The maximum absolute atomic E-state index is 6.55. The predicted molar refractivity (Wildman–Crippen MR) is 84.1 cm³/mol. The first-order valence-electron chi connectivity index (χ1n) is 7.10. The van der Waals surface area contributed by atoms with E-state index in [0.29, 0.717) is 0 Å². The Morgan fingerprint density at radius 3 is 2.35 bits per heavy atom. The second-order valence-corrected chi connectivity index (χ2v) is 5.38. The Bertz CT molecular complexity index is 558. The molecule has 0 fully saturated rings. The van der Waals surface area contributed by atoms with Crippen molar-refractivity contribution in [1.29, 1.82) is 0 Å². The average molecular weight is 269 g/mol. The highest BCUT2D eigenvalue weighted by molar-refractivity contribution is 5.41. The summed E-state index contributed by atoms with van der Waals surface area (Å²) in [5.41, 5.74) is 9.57. The summed E-state index contributed by atoms with van der Waals surface area (Å²) < 4.78 is 5.28. The monoisotopic (exact) mass is 269 g/mol. The topological polar surface area (TPSA) is 35.2 Å². The number of hydrogen-bond acceptors (Lipinski definition) is 2. The van der Waals surface area contributed by atoms with Gasteiger partial charge in [-0.05, 0) is 42.2 Å². The molecule has 0 amide bonds. The van der Waals surface area contributed by atoms with E-state index in [1.54, 1.807) is 7.11 Å². The molecular weight excluding hydrogens is 246 g/mol. The minimum absolute atomic E-state index is 0.515. The number of ether oxygens (including phenoxy) is 1. The summed E-state index contributed by atoms with van der Waals surface area (Å²) >= 11 is 0. The highest BCUT2D eigenvalue weighted by Gasteiger charge is 2.23. The molecule has 2 N–H and O–H groups in total. The van der Waals surface area contributed by atoms with Crippen molar-refractivity contribution in [1.82, 2.24) is 0 Å². The number of rotatable bonds is 5. The van der Waals surface area contributed by atoms with Gasteiger partial charge in [0, 0.05) is 0 Å². The third-order valence-electron chi connectivity index (χ3n) is 3.76. The average Bonchev–Trinajstić information content (AvgIpc) is 2.48. The maximum Gasteiger partial charge on any atom is 0.119 e. The first-order chi connectivity index (χ1) is 9.57. The van der Waals surface area contributed by atoms with Gasteiger partial charge in [-0.2, -0.15) is 0 Å². The van der Waals surface area contributed by atoms with Crippen LogP contribution in [-0.2, 0) is 12.0 Å². The largest absolute Gasteiger partial charge is 0.497 e. The van der Waals surface area contributed by atoms with Gasteiger partial charge in [-0.15, -0.1) is 0 Å². The van der Waals surface area contributed by atoms with Crippen molar-refractivity contribution >= 4 is 0 Å². The van der Waals surface area contributed by atoms with Crippen LogP contribution in [0.15, 0.2) is 48.5 Å². The van der Waals surface area contributed by atoms with Gasteiger partial charge in [0.15, 0.2) is 0 Å². The van der Waals surface area contributed by atoms with Crippen molar-refractivity contribution < 1.29 is 4.74 Å². The Kier molecular flexibility index (Phi) is 4.46. The van der Waals surface area contributed by atoms with Gasteiger partial charge in [0.05, 0.1) is 12.6 Å². The molecule has 2 aromatic carbocycles. The van der Waals surface area contributed by atoms with Gasteiger partial charge in [-0.3, -0.25) is 0 Å². The molecule has 2 nitrogen and oxygen atoms in total. The van der Waals surface area contributed by atoms with E-state index in [-0.39, 0.29) is 0 Å². The minimum atomic E-state index is -0.515. The molecule has 0 spiro atoms. The lowest BCUT2D eigenvalue weighted by molar-refractivity contribution is 0.413. The maximum atomic E-state index is 6.55. The van der Waals surface area contributed by atoms with Gasteiger partial charge in [-0.1, -0.05) is 49.7 Å². The highest BCUT2D eigenvalue weighted by Crippen LogP contribution is 2.29. The second-order valence-electron chi connectivity index (χ2n) is 5.38. The molecule has 0 aromatic heterocycles. The van der Waals surface area contributed by atoms with Gasteiger partial charge < -0.3 is 10.5 Å². The number of nitrogens with two attached hydrogens (primary N) is 1. The lowest BCUT2D eigenvalue weighted by Gasteiger charge is -2.26. The normalized spacial score (nSPS) is 13.8. The molecule has 106 valence electrons. The summed E-state index contributed by atoms with van der Waals surface area (Å²) in [7, 11) is 1.67. The molecule has 0 saturated heterocycles. The lowest BCUT2D eigenvalue weighted by atomic mass is 9.85.